The Kier molecular flexibility index (Phi) is 4.74. The monoisotopic (exact) mass is 292 g/mol. The molecule has 0 aromatic heterocycles. The molecule has 1 unspecified atom stereocenters. The van der Waals surface area contributed by atoms with Gasteiger partial charge in [-0.25, -0.2) is 0 Å². The second kappa shape index (κ2) is 6.53. The number of carbonyl (C=O) groups is 1. The number of benzene rings is 1. The summed E-state index contributed by atoms with van der Waals surface area (Å²) in [5.41, 5.74) is 3.36. The number of hydrogen-bond donors (Lipinski definition) is 2. The third-order valence-corrected chi connectivity index (χ3v) is 3.78. The van der Waals surface area contributed by atoms with Gasteiger partial charge in [0, 0.05) is 25.6 Å². The van der Waals surface area contributed by atoms with Gasteiger partial charge in [0.05, 0.1) is 4.92 Å². The van der Waals surface area contributed by atoms with Gasteiger partial charge >= 0.3 is 0 Å². The van der Waals surface area contributed by atoms with Crippen molar-refractivity contribution in [3.63, 3.8) is 0 Å². The largest absolute Gasteiger partial charge is 0.338 e. The van der Waals surface area contributed by atoms with E-state index in [4.69, 9.17) is 5.84 Å². The standard InChI is InChI=1S/C14H20N4O3/c1-2-3-10-7-14(19)17(8-10)9-11-4-5-13(18(20)21)12(6-11)16-15/h4-6,10,16H,2-3,7-9,15H2,1H3. The molecule has 21 heavy (non-hydrogen) atoms. The number of amides is 1. The summed E-state index contributed by atoms with van der Waals surface area (Å²) in [5, 5.41) is 10.8. The maximum absolute atomic E-state index is 12.0. The van der Waals surface area contributed by atoms with Gasteiger partial charge in [-0.3, -0.25) is 20.8 Å². The number of nitrogen functional groups attached to an aromatic ring is 1. The van der Waals surface area contributed by atoms with E-state index in [1.54, 1.807) is 12.1 Å². The third kappa shape index (κ3) is 3.49. The van der Waals surface area contributed by atoms with Crippen molar-refractivity contribution >= 4 is 17.3 Å². The number of nitro benzene ring substituents is 1. The average Bonchev–Trinajstić information content (AvgIpc) is 2.79. The van der Waals surface area contributed by atoms with E-state index in [0.29, 0.717) is 18.9 Å². The van der Waals surface area contributed by atoms with Crippen LogP contribution in [0.2, 0.25) is 0 Å². The number of likely N-dealkylation sites (tertiary alicyclic amines) is 1. The molecule has 0 spiro atoms. The zero-order valence-electron chi connectivity index (χ0n) is 12.0. The molecule has 1 aliphatic heterocycles. The molecular formula is C14H20N4O3. The van der Waals surface area contributed by atoms with Crippen molar-refractivity contribution in [2.45, 2.75) is 32.7 Å². The minimum Gasteiger partial charge on any atom is -0.338 e. The summed E-state index contributed by atoms with van der Waals surface area (Å²) < 4.78 is 0. The van der Waals surface area contributed by atoms with Crippen molar-refractivity contribution in [3.05, 3.63) is 33.9 Å². The molecule has 2 rings (SSSR count). The second-order valence-corrected chi connectivity index (χ2v) is 5.39. The summed E-state index contributed by atoms with van der Waals surface area (Å²) in [6.07, 6.45) is 2.73. The molecule has 1 heterocycles. The second-order valence-electron chi connectivity index (χ2n) is 5.39. The number of hydrazine groups is 1. The van der Waals surface area contributed by atoms with E-state index in [9.17, 15) is 14.9 Å². The van der Waals surface area contributed by atoms with Crippen LogP contribution in [0.4, 0.5) is 11.4 Å². The van der Waals surface area contributed by atoms with Gasteiger partial charge in [0.2, 0.25) is 5.91 Å². The Labute approximate surface area is 123 Å². The van der Waals surface area contributed by atoms with Crippen molar-refractivity contribution < 1.29 is 9.72 Å². The summed E-state index contributed by atoms with van der Waals surface area (Å²) in [6, 6.07) is 4.70. The van der Waals surface area contributed by atoms with E-state index in [2.05, 4.69) is 12.3 Å². The zero-order chi connectivity index (χ0) is 15.4. The summed E-state index contributed by atoms with van der Waals surface area (Å²) in [5.74, 6) is 5.89. The molecule has 0 aliphatic carbocycles. The lowest BCUT2D eigenvalue weighted by Gasteiger charge is -2.17. The lowest BCUT2D eigenvalue weighted by Crippen LogP contribution is -2.24. The molecule has 1 aromatic rings. The SMILES string of the molecule is CCCC1CC(=O)N(Cc2ccc([N+](=O)[O-])c(NN)c2)C1. The molecule has 1 fully saturated rings. The number of nitrogens with one attached hydrogen (secondary N) is 1. The van der Waals surface area contributed by atoms with Crippen molar-refractivity contribution in [1.29, 1.82) is 0 Å². The fourth-order valence-electron chi connectivity index (χ4n) is 2.79. The number of nitrogens with two attached hydrogens (primary N) is 1. The molecule has 0 saturated carbocycles. The molecule has 1 saturated heterocycles. The van der Waals surface area contributed by atoms with Gasteiger partial charge in [-0.15, -0.1) is 0 Å². The van der Waals surface area contributed by atoms with Crippen molar-refractivity contribution in [2.24, 2.45) is 11.8 Å². The maximum Gasteiger partial charge on any atom is 0.293 e. The van der Waals surface area contributed by atoms with Crippen molar-refractivity contribution in [3.8, 4) is 0 Å². The Morgan fingerprint density at radius 3 is 2.90 bits per heavy atom. The topological polar surface area (TPSA) is 102 Å². The van der Waals surface area contributed by atoms with Gasteiger partial charge in [0.1, 0.15) is 5.69 Å². The number of nitrogens with zero attached hydrogens (tertiary/aromatic N) is 2. The highest BCUT2D eigenvalue weighted by molar-refractivity contribution is 5.78. The number of anilines is 1. The van der Waals surface area contributed by atoms with Crippen LogP contribution in [0, 0.1) is 16.0 Å². The normalized spacial score (nSPS) is 18.1. The molecular weight excluding hydrogens is 272 g/mol. The third-order valence-electron chi connectivity index (χ3n) is 3.78. The van der Waals surface area contributed by atoms with Crippen LogP contribution in [0.3, 0.4) is 0 Å². The van der Waals surface area contributed by atoms with Gasteiger partial charge in [-0.2, -0.15) is 0 Å². The fourth-order valence-corrected chi connectivity index (χ4v) is 2.79. The molecule has 3 N–H and O–H groups in total. The van der Waals surface area contributed by atoms with E-state index in [0.717, 1.165) is 24.9 Å². The predicted molar refractivity (Wildman–Crippen MR) is 79.3 cm³/mol. The Hall–Kier alpha value is -2.15. The van der Waals surface area contributed by atoms with Crippen LogP contribution >= 0.6 is 0 Å². The van der Waals surface area contributed by atoms with Gasteiger partial charge in [-0.05, 0) is 24.0 Å². The minimum atomic E-state index is -0.489. The first-order chi connectivity index (χ1) is 10.0. The van der Waals surface area contributed by atoms with E-state index in [1.165, 1.54) is 6.07 Å². The number of rotatable bonds is 6. The molecule has 114 valence electrons. The first-order valence-corrected chi connectivity index (χ1v) is 7.06. The van der Waals surface area contributed by atoms with E-state index in [1.807, 2.05) is 4.90 Å². The number of hydrogen-bond acceptors (Lipinski definition) is 5. The van der Waals surface area contributed by atoms with E-state index in [-0.39, 0.29) is 17.3 Å². The lowest BCUT2D eigenvalue weighted by molar-refractivity contribution is -0.384. The van der Waals surface area contributed by atoms with E-state index < -0.39 is 4.92 Å². The number of nitro groups is 1. The molecule has 1 aliphatic rings. The van der Waals surface area contributed by atoms with Crippen molar-refractivity contribution in [1.82, 2.24) is 4.90 Å². The summed E-state index contributed by atoms with van der Waals surface area (Å²) in [7, 11) is 0. The predicted octanol–water partition coefficient (Wildman–Crippen LogP) is 2.03. The zero-order valence-corrected chi connectivity index (χ0v) is 12.0. The smallest absolute Gasteiger partial charge is 0.293 e. The van der Waals surface area contributed by atoms with Crippen LogP contribution in [0.1, 0.15) is 31.7 Å². The van der Waals surface area contributed by atoms with Crippen molar-refractivity contribution in [2.75, 3.05) is 12.0 Å². The van der Waals surface area contributed by atoms with Crippen LogP contribution in [-0.2, 0) is 11.3 Å². The van der Waals surface area contributed by atoms with Crippen LogP contribution in [0.5, 0.6) is 0 Å². The first-order valence-electron chi connectivity index (χ1n) is 7.06. The highest BCUT2D eigenvalue weighted by Gasteiger charge is 2.29. The Morgan fingerprint density at radius 1 is 1.52 bits per heavy atom. The highest BCUT2D eigenvalue weighted by Crippen LogP contribution is 2.27. The summed E-state index contributed by atoms with van der Waals surface area (Å²) in [4.78, 5) is 24.1. The Balaban J connectivity index is 2.10. The average molecular weight is 292 g/mol. The van der Waals surface area contributed by atoms with Gasteiger partial charge < -0.3 is 10.3 Å². The highest BCUT2D eigenvalue weighted by atomic mass is 16.6. The van der Waals surface area contributed by atoms with E-state index >= 15 is 0 Å². The van der Waals surface area contributed by atoms with Gasteiger partial charge in [0.15, 0.2) is 0 Å². The molecule has 7 nitrogen and oxygen atoms in total. The Morgan fingerprint density at radius 2 is 2.29 bits per heavy atom. The van der Waals surface area contributed by atoms with Crippen LogP contribution in [-0.4, -0.2) is 22.3 Å². The van der Waals surface area contributed by atoms with Gasteiger partial charge in [-0.1, -0.05) is 19.4 Å². The maximum atomic E-state index is 12.0. The first kappa shape index (κ1) is 15.2. The quantitative estimate of drug-likeness (QED) is 0.474. The van der Waals surface area contributed by atoms with Crippen LogP contribution in [0.15, 0.2) is 18.2 Å². The minimum absolute atomic E-state index is 0.0714. The summed E-state index contributed by atoms with van der Waals surface area (Å²) in [6.45, 7) is 3.34. The Bertz CT molecular complexity index is 547. The molecule has 7 heteroatoms. The molecule has 1 atom stereocenters. The summed E-state index contributed by atoms with van der Waals surface area (Å²) >= 11 is 0. The van der Waals surface area contributed by atoms with Gasteiger partial charge in [0.25, 0.3) is 5.69 Å². The molecule has 1 amide bonds. The molecule has 1 aromatic carbocycles. The van der Waals surface area contributed by atoms with Crippen LogP contribution in [0.25, 0.3) is 0 Å². The van der Waals surface area contributed by atoms with Crippen LogP contribution < -0.4 is 11.3 Å². The molecule has 0 bridgehead atoms. The number of carbonyl (C=O) groups excluding carboxylic acids is 1. The molecule has 0 radical (unpaired) electrons. The fraction of sp³-hybridized carbons (Fsp3) is 0.500. The lowest BCUT2D eigenvalue weighted by atomic mass is 10.0.